The minimum atomic E-state index is -0.511. The molecule has 1 aromatic carbocycles. The lowest BCUT2D eigenvalue weighted by atomic mass is 9.97. The Morgan fingerprint density at radius 2 is 2.02 bits per heavy atom. The van der Waals surface area contributed by atoms with Crippen LogP contribution in [0.2, 0.25) is 0 Å². The van der Waals surface area contributed by atoms with Gasteiger partial charge in [-0.2, -0.15) is 10.2 Å². The van der Waals surface area contributed by atoms with E-state index in [4.69, 9.17) is 10.3 Å². The molecule has 232 valence electrons. The van der Waals surface area contributed by atoms with Gasteiger partial charge in [0.2, 0.25) is 5.91 Å². The minimum absolute atomic E-state index is 0.0159. The van der Waals surface area contributed by atoms with Crippen molar-refractivity contribution in [2.75, 3.05) is 69.7 Å². The van der Waals surface area contributed by atoms with Crippen LogP contribution in [0.1, 0.15) is 23.3 Å². The molecule has 4 N–H and O–H groups in total. The highest BCUT2D eigenvalue weighted by Gasteiger charge is 2.39. The molecule has 16 heteroatoms. The number of hydrogen-bond donors (Lipinski definition) is 4. The highest BCUT2D eigenvalue weighted by Crippen LogP contribution is 2.35. The molecule has 2 amide bonds. The van der Waals surface area contributed by atoms with Gasteiger partial charge >= 0.3 is 0 Å². The molecule has 16 nitrogen and oxygen atoms in total. The van der Waals surface area contributed by atoms with Crippen molar-refractivity contribution in [3.63, 3.8) is 0 Å². The van der Waals surface area contributed by atoms with Gasteiger partial charge in [0.05, 0.1) is 24.2 Å². The number of carbonyl (C=O) groups is 2. The van der Waals surface area contributed by atoms with Crippen LogP contribution in [0.4, 0.5) is 11.5 Å². The molecule has 3 aliphatic heterocycles. The van der Waals surface area contributed by atoms with Crippen LogP contribution in [0, 0.1) is 5.92 Å². The maximum Gasteiger partial charge on any atom is 0.275 e. The summed E-state index contributed by atoms with van der Waals surface area (Å²) in [5.74, 6) is 0.459. The molecule has 0 radical (unpaired) electrons. The SMILES string of the molecule is C=c1cc(O)c(NC(=O)c2cnc(N3CC(CN4CC(OCC(=O)NCCC5(CCN=[N+]=[N-])N=N5)C4)C3)cn2)c/c1=C/NC. The maximum absolute atomic E-state index is 12.7. The quantitative estimate of drug-likeness (QED) is 0.0954. The normalized spacial score (nSPS) is 17.8. The summed E-state index contributed by atoms with van der Waals surface area (Å²) in [5, 5.41) is 31.5. The van der Waals surface area contributed by atoms with Crippen LogP contribution in [-0.4, -0.2) is 103 Å². The molecule has 5 rings (SSSR count). The zero-order valence-electron chi connectivity index (χ0n) is 24.5. The van der Waals surface area contributed by atoms with Crippen LogP contribution < -0.4 is 31.3 Å². The standard InChI is InChI=1S/C28H36N12O4/c1-18-7-24(41)22(8-20(18)9-30-2)35-27(43)23-10-33-25(11-32-23)40-13-19(14-40)12-39-15-21(16-39)44-17-26(42)31-5-3-28(36-37-28)4-6-34-38-29/h7-11,19,21,30,41H,1,3-6,12-17H2,2H3,(H,31,42)(H,35,43)/b20-9-. The van der Waals surface area contributed by atoms with E-state index in [1.165, 1.54) is 12.3 Å². The van der Waals surface area contributed by atoms with Crippen molar-refractivity contribution < 1.29 is 19.4 Å². The van der Waals surface area contributed by atoms with Crippen LogP contribution >= 0.6 is 0 Å². The van der Waals surface area contributed by atoms with E-state index in [1.807, 2.05) is 0 Å². The molecule has 0 spiro atoms. The van der Waals surface area contributed by atoms with Gasteiger partial charge in [-0.3, -0.25) is 14.5 Å². The summed E-state index contributed by atoms with van der Waals surface area (Å²) in [5.41, 5.74) is 8.26. The second-order valence-corrected chi connectivity index (χ2v) is 11.1. The van der Waals surface area contributed by atoms with E-state index >= 15 is 0 Å². The highest BCUT2D eigenvalue weighted by molar-refractivity contribution is 6.03. The lowest BCUT2D eigenvalue weighted by Crippen LogP contribution is -2.59. The monoisotopic (exact) mass is 604 g/mol. The van der Waals surface area contributed by atoms with E-state index in [1.54, 1.807) is 25.5 Å². The molecule has 2 saturated heterocycles. The average molecular weight is 605 g/mol. The number of ether oxygens (including phenoxy) is 1. The molecule has 1 aromatic heterocycles. The Bertz CT molecular complexity index is 1540. The van der Waals surface area contributed by atoms with Gasteiger partial charge in [0.1, 0.15) is 23.9 Å². The van der Waals surface area contributed by atoms with Gasteiger partial charge in [-0.25, -0.2) is 9.97 Å². The molecule has 2 aromatic rings. The van der Waals surface area contributed by atoms with Crippen molar-refractivity contribution in [1.82, 2.24) is 25.5 Å². The molecule has 0 unspecified atom stereocenters. The Morgan fingerprint density at radius 1 is 1.23 bits per heavy atom. The topological polar surface area (TPSA) is 205 Å². The van der Waals surface area contributed by atoms with E-state index in [2.05, 4.69) is 62.6 Å². The lowest BCUT2D eigenvalue weighted by molar-refractivity contribution is -0.132. The number of azide groups is 1. The van der Waals surface area contributed by atoms with Gasteiger partial charge in [-0.05, 0) is 28.1 Å². The van der Waals surface area contributed by atoms with Crippen LogP contribution in [-0.2, 0) is 9.53 Å². The first kappa shape index (κ1) is 30.7. The number of aromatic nitrogens is 2. The molecule has 3 aliphatic rings. The molecule has 0 bridgehead atoms. The van der Waals surface area contributed by atoms with Crippen LogP contribution in [0.15, 0.2) is 39.9 Å². The summed E-state index contributed by atoms with van der Waals surface area (Å²) >= 11 is 0. The van der Waals surface area contributed by atoms with Gasteiger partial charge in [-0.1, -0.05) is 11.7 Å². The van der Waals surface area contributed by atoms with Crippen LogP contribution in [0.5, 0.6) is 5.75 Å². The fourth-order valence-corrected chi connectivity index (χ4v) is 5.16. The number of nitrogens with zero attached hydrogens (tertiary/aromatic N) is 9. The predicted octanol–water partition coefficient (Wildman–Crippen LogP) is 0.308. The fraction of sp³-hybridized carbons (Fsp3) is 0.500. The maximum atomic E-state index is 12.7. The van der Waals surface area contributed by atoms with Crippen molar-refractivity contribution in [2.45, 2.75) is 24.6 Å². The molecule has 2 fully saturated rings. The zero-order valence-corrected chi connectivity index (χ0v) is 24.5. The Morgan fingerprint density at radius 3 is 2.70 bits per heavy atom. The number of aromatic hydroxyl groups is 1. The lowest BCUT2D eigenvalue weighted by Gasteiger charge is -2.46. The van der Waals surface area contributed by atoms with E-state index in [0.29, 0.717) is 42.9 Å². The largest absolute Gasteiger partial charge is 0.506 e. The van der Waals surface area contributed by atoms with E-state index in [-0.39, 0.29) is 35.7 Å². The highest BCUT2D eigenvalue weighted by atomic mass is 16.5. The zero-order chi connectivity index (χ0) is 31.1. The van der Waals surface area contributed by atoms with Gasteiger partial charge in [0, 0.05) is 82.7 Å². The smallest absolute Gasteiger partial charge is 0.275 e. The number of amides is 2. The number of rotatable bonds is 15. The van der Waals surface area contributed by atoms with Crippen molar-refractivity contribution in [3.8, 4) is 5.75 Å². The predicted molar refractivity (Wildman–Crippen MR) is 162 cm³/mol. The second kappa shape index (κ2) is 13.7. The third kappa shape index (κ3) is 7.78. The minimum Gasteiger partial charge on any atom is -0.506 e. The summed E-state index contributed by atoms with van der Waals surface area (Å²) in [4.78, 5) is 40.6. The average Bonchev–Trinajstić information content (AvgIpc) is 3.73. The first-order valence-corrected chi connectivity index (χ1v) is 14.4. The van der Waals surface area contributed by atoms with Crippen molar-refractivity contribution >= 4 is 36.1 Å². The molecule has 0 saturated carbocycles. The fourth-order valence-electron chi connectivity index (χ4n) is 5.16. The van der Waals surface area contributed by atoms with Gasteiger partial charge < -0.3 is 30.7 Å². The molecule has 44 heavy (non-hydrogen) atoms. The van der Waals surface area contributed by atoms with Crippen LogP contribution in [0.3, 0.4) is 0 Å². The Labute approximate surface area is 253 Å². The summed E-state index contributed by atoms with van der Waals surface area (Å²) in [6, 6.07) is 3.12. The van der Waals surface area contributed by atoms with Crippen LogP contribution in [0.25, 0.3) is 23.2 Å². The number of nitrogens with one attached hydrogen (secondary N) is 3. The van der Waals surface area contributed by atoms with E-state index in [0.717, 1.165) is 37.9 Å². The Hall–Kier alpha value is -4.79. The number of anilines is 2. The molecule has 4 heterocycles. The van der Waals surface area contributed by atoms with Gasteiger partial charge in [0.15, 0.2) is 5.66 Å². The summed E-state index contributed by atoms with van der Waals surface area (Å²) in [6.45, 7) is 8.85. The third-order valence-electron chi connectivity index (χ3n) is 7.75. The number of hydrogen-bond acceptors (Lipinski definition) is 12. The summed E-state index contributed by atoms with van der Waals surface area (Å²) in [6.07, 6.45) is 5.91. The van der Waals surface area contributed by atoms with Crippen molar-refractivity contribution in [2.24, 2.45) is 21.3 Å². The third-order valence-corrected chi connectivity index (χ3v) is 7.75. The number of benzene rings is 1. The first-order chi connectivity index (χ1) is 21.3. The number of phenolic OH excluding ortho intramolecular Hbond substituents is 1. The Kier molecular flexibility index (Phi) is 9.53. The van der Waals surface area contributed by atoms with E-state index in [9.17, 15) is 14.7 Å². The number of phenols is 1. The Balaban J connectivity index is 0.957. The first-order valence-electron chi connectivity index (χ1n) is 14.4. The molecular weight excluding hydrogens is 568 g/mol. The molecule has 0 atom stereocenters. The van der Waals surface area contributed by atoms with Gasteiger partial charge in [0.25, 0.3) is 5.91 Å². The molecular formula is C28H36N12O4. The summed E-state index contributed by atoms with van der Waals surface area (Å²) < 4.78 is 5.73. The number of likely N-dealkylation sites (tertiary alicyclic amines) is 1. The van der Waals surface area contributed by atoms with Gasteiger partial charge in [-0.15, -0.1) is 0 Å². The second-order valence-electron chi connectivity index (χ2n) is 11.1. The molecule has 0 aliphatic carbocycles. The van der Waals surface area contributed by atoms with Crippen molar-refractivity contribution in [1.29, 1.82) is 0 Å². The summed E-state index contributed by atoms with van der Waals surface area (Å²) in [7, 11) is 1.75. The van der Waals surface area contributed by atoms with E-state index < -0.39 is 11.6 Å². The number of carbonyl (C=O) groups excluding carboxylic acids is 2. The van der Waals surface area contributed by atoms with Crippen molar-refractivity contribution in [3.05, 3.63) is 51.1 Å².